The van der Waals surface area contributed by atoms with Gasteiger partial charge in [0, 0.05) is 18.1 Å². The van der Waals surface area contributed by atoms with Crippen LogP contribution in [0.1, 0.15) is 71.1 Å². The van der Waals surface area contributed by atoms with E-state index in [1.54, 1.807) is 11.3 Å². The van der Waals surface area contributed by atoms with E-state index < -0.39 is 0 Å². The van der Waals surface area contributed by atoms with E-state index in [1.807, 2.05) is 0 Å². The smallest absolute Gasteiger partial charge is 0.161 e. The Bertz CT molecular complexity index is 340. The summed E-state index contributed by atoms with van der Waals surface area (Å²) in [5.74, 6) is 0. The summed E-state index contributed by atoms with van der Waals surface area (Å²) in [5, 5.41) is 2.08. The van der Waals surface area contributed by atoms with Crippen LogP contribution < -0.4 is 0 Å². The summed E-state index contributed by atoms with van der Waals surface area (Å²) < 4.78 is 3.22. The molecule has 0 spiro atoms. The fourth-order valence-electron chi connectivity index (χ4n) is 2.23. The van der Waals surface area contributed by atoms with Crippen LogP contribution in [0.3, 0.4) is 0 Å². The number of aromatic nitrogens is 1. The molecule has 0 unspecified atom stereocenters. The molecule has 0 aliphatic carbocycles. The Kier molecular flexibility index (Phi) is 9.49. The van der Waals surface area contributed by atoms with Crippen LogP contribution in [0.25, 0.3) is 0 Å². The van der Waals surface area contributed by atoms with Crippen LogP contribution in [0.15, 0.2) is 11.6 Å². The van der Waals surface area contributed by atoms with Gasteiger partial charge in [0.15, 0.2) is 3.95 Å². The summed E-state index contributed by atoms with van der Waals surface area (Å²) in [5.41, 5.74) is 0. The van der Waals surface area contributed by atoms with E-state index >= 15 is 0 Å². The number of aryl methyl sites for hydroxylation is 1. The van der Waals surface area contributed by atoms with Gasteiger partial charge in [0.2, 0.25) is 0 Å². The second-order valence-electron chi connectivity index (χ2n) is 5.04. The zero-order valence-electron chi connectivity index (χ0n) is 11.7. The van der Waals surface area contributed by atoms with E-state index in [0.29, 0.717) is 0 Å². The highest BCUT2D eigenvalue weighted by molar-refractivity contribution is 7.73. The molecule has 0 fully saturated rings. The molecule has 0 bridgehead atoms. The first-order chi connectivity index (χ1) is 8.84. The van der Waals surface area contributed by atoms with Gasteiger partial charge >= 0.3 is 0 Å². The van der Waals surface area contributed by atoms with Crippen LogP contribution in [-0.4, -0.2) is 4.57 Å². The zero-order chi connectivity index (χ0) is 13.1. The molecule has 1 heterocycles. The van der Waals surface area contributed by atoms with E-state index in [1.165, 1.54) is 64.2 Å². The average molecular weight is 286 g/mol. The van der Waals surface area contributed by atoms with Gasteiger partial charge in [-0.3, -0.25) is 0 Å². The van der Waals surface area contributed by atoms with Crippen LogP contribution in [0, 0.1) is 3.95 Å². The molecule has 18 heavy (non-hydrogen) atoms. The van der Waals surface area contributed by atoms with E-state index in [4.69, 9.17) is 12.2 Å². The van der Waals surface area contributed by atoms with Crippen molar-refractivity contribution in [3.63, 3.8) is 0 Å². The van der Waals surface area contributed by atoms with Crippen LogP contribution in [0.5, 0.6) is 0 Å². The molecule has 104 valence electrons. The maximum absolute atomic E-state index is 5.24. The third-order valence-corrected chi connectivity index (χ3v) is 4.61. The van der Waals surface area contributed by atoms with Gasteiger partial charge in [0.05, 0.1) is 0 Å². The summed E-state index contributed by atoms with van der Waals surface area (Å²) in [7, 11) is 0. The fraction of sp³-hybridized carbons (Fsp3) is 0.800. The van der Waals surface area contributed by atoms with Crippen molar-refractivity contribution in [2.24, 2.45) is 0 Å². The van der Waals surface area contributed by atoms with Crippen molar-refractivity contribution in [1.29, 1.82) is 0 Å². The quantitative estimate of drug-likeness (QED) is 0.346. The van der Waals surface area contributed by atoms with Crippen molar-refractivity contribution in [3.8, 4) is 0 Å². The summed E-state index contributed by atoms with van der Waals surface area (Å²) in [6, 6.07) is 0. The van der Waals surface area contributed by atoms with E-state index in [-0.39, 0.29) is 0 Å². The third-order valence-electron chi connectivity index (χ3n) is 3.40. The standard InChI is InChI=1S/C15H27NS2/c1-2-3-4-5-6-7-8-9-10-11-12-16-13-14-18-15(16)17/h13-14H,2-12H2,1H3. The summed E-state index contributed by atoms with van der Waals surface area (Å²) in [6.45, 7) is 3.39. The molecule has 1 aromatic rings. The molecule has 0 aromatic carbocycles. The molecule has 0 amide bonds. The van der Waals surface area contributed by atoms with Gasteiger partial charge in [-0.1, -0.05) is 64.7 Å². The molecule has 0 N–H and O–H groups in total. The van der Waals surface area contributed by atoms with Crippen molar-refractivity contribution < 1.29 is 0 Å². The lowest BCUT2D eigenvalue weighted by atomic mass is 10.1. The third kappa shape index (κ3) is 7.32. The van der Waals surface area contributed by atoms with E-state index in [2.05, 4.69) is 23.1 Å². The molecule has 3 heteroatoms. The Hall–Kier alpha value is -0.150. The monoisotopic (exact) mass is 285 g/mol. The highest BCUT2D eigenvalue weighted by Gasteiger charge is 1.95. The number of thiazole rings is 1. The largest absolute Gasteiger partial charge is 0.330 e. The number of hydrogen-bond acceptors (Lipinski definition) is 2. The predicted molar refractivity (Wildman–Crippen MR) is 85.0 cm³/mol. The molecular formula is C15H27NS2. The van der Waals surface area contributed by atoms with Crippen molar-refractivity contribution in [2.45, 2.75) is 77.7 Å². The second kappa shape index (κ2) is 10.7. The topological polar surface area (TPSA) is 4.93 Å². The predicted octanol–water partition coefficient (Wildman–Crippen LogP) is 6.20. The van der Waals surface area contributed by atoms with Crippen molar-refractivity contribution in [2.75, 3.05) is 0 Å². The second-order valence-corrected chi connectivity index (χ2v) is 6.58. The molecular weight excluding hydrogens is 258 g/mol. The minimum absolute atomic E-state index is 1.02. The Balaban J connectivity index is 1.84. The Morgan fingerprint density at radius 1 is 0.944 bits per heavy atom. The van der Waals surface area contributed by atoms with Gasteiger partial charge in [-0.15, -0.1) is 11.3 Å². The molecule has 1 rings (SSSR count). The van der Waals surface area contributed by atoms with Gasteiger partial charge in [-0.2, -0.15) is 0 Å². The first-order valence-corrected chi connectivity index (χ1v) is 8.77. The van der Waals surface area contributed by atoms with Crippen molar-refractivity contribution >= 4 is 23.6 Å². The van der Waals surface area contributed by atoms with Gasteiger partial charge in [-0.05, 0) is 18.6 Å². The minimum Gasteiger partial charge on any atom is -0.330 e. The lowest BCUT2D eigenvalue weighted by Crippen LogP contribution is -1.95. The Morgan fingerprint density at radius 2 is 1.50 bits per heavy atom. The molecule has 0 saturated carbocycles. The lowest BCUT2D eigenvalue weighted by Gasteiger charge is -2.03. The molecule has 1 aromatic heterocycles. The number of hydrogen-bond donors (Lipinski definition) is 0. The molecule has 0 radical (unpaired) electrons. The summed E-state index contributed by atoms with van der Waals surface area (Å²) in [4.78, 5) is 0. The number of rotatable bonds is 11. The van der Waals surface area contributed by atoms with Gasteiger partial charge < -0.3 is 4.57 Å². The molecule has 1 nitrogen and oxygen atoms in total. The highest BCUT2D eigenvalue weighted by atomic mass is 32.1. The van der Waals surface area contributed by atoms with Gasteiger partial charge in [0.1, 0.15) is 0 Å². The van der Waals surface area contributed by atoms with Crippen LogP contribution in [0.4, 0.5) is 0 Å². The average Bonchev–Trinajstić information content (AvgIpc) is 2.77. The molecule has 0 aliphatic heterocycles. The Morgan fingerprint density at radius 3 is 2.00 bits per heavy atom. The van der Waals surface area contributed by atoms with E-state index in [9.17, 15) is 0 Å². The van der Waals surface area contributed by atoms with Crippen molar-refractivity contribution in [3.05, 3.63) is 15.5 Å². The fourth-order valence-corrected chi connectivity index (χ4v) is 3.16. The highest BCUT2D eigenvalue weighted by Crippen LogP contribution is 2.11. The zero-order valence-corrected chi connectivity index (χ0v) is 13.3. The minimum atomic E-state index is 1.02. The first-order valence-electron chi connectivity index (χ1n) is 7.48. The van der Waals surface area contributed by atoms with Crippen LogP contribution >= 0.6 is 23.6 Å². The van der Waals surface area contributed by atoms with E-state index in [0.717, 1.165) is 10.5 Å². The Labute approximate surface area is 121 Å². The van der Waals surface area contributed by atoms with Crippen LogP contribution in [0.2, 0.25) is 0 Å². The van der Waals surface area contributed by atoms with Gasteiger partial charge in [0.25, 0.3) is 0 Å². The first kappa shape index (κ1) is 15.9. The van der Waals surface area contributed by atoms with Crippen LogP contribution in [-0.2, 0) is 6.54 Å². The molecule has 0 aliphatic rings. The lowest BCUT2D eigenvalue weighted by molar-refractivity contribution is 0.534. The summed E-state index contributed by atoms with van der Waals surface area (Å²) in [6.07, 6.45) is 16.1. The summed E-state index contributed by atoms with van der Waals surface area (Å²) >= 11 is 6.90. The normalized spacial score (nSPS) is 10.9. The SMILES string of the molecule is CCCCCCCCCCCCn1ccsc1=S. The number of unbranched alkanes of at least 4 members (excludes halogenated alkanes) is 9. The molecule has 0 saturated heterocycles. The number of nitrogens with zero attached hydrogens (tertiary/aromatic N) is 1. The molecule has 0 atom stereocenters. The van der Waals surface area contributed by atoms with Gasteiger partial charge in [-0.25, -0.2) is 0 Å². The van der Waals surface area contributed by atoms with Crippen molar-refractivity contribution in [1.82, 2.24) is 4.57 Å². The maximum atomic E-state index is 5.24. The maximum Gasteiger partial charge on any atom is 0.161 e.